The van der Waals surface area contributed by atoms with Crippen LogP contribution in [-0.4, -0.2) is 15.7 Å². The standard InChI is InChI=1S/C18H15BrIN3O/c1-12-4-2-7-15(17(12)20)18(24)22-16-8-9-21-23(16)11-13-5-3-6-14(19)10-13/h2-10H,11H2,1H3,(H,22,24). The molecule has 0 aliphatic rings. The fourth-order valence-corrected chi connectivity index (χ4v) is 3.43. The molecule has 1 aromatic heterocycles. The maximum Gasteiger partial charge on any atom is 0.257 e. The minimum absolute atomic E-state index is 0.126. The largest absolute Gasteiger partial charge is 0.307 e. The Morgan fingerprint density at radius 3 is 2.83 bits per heavy atom. The summed E-state index contributed by atoms with van der Waals surface area (Å²) in [5.41, 5.74) is 2.87. The third-order valence-corrected chi connectivity index (χ3v) is 5.54. The zero-order valence-corrected chi connectivity index (χ0v) is 16.7. The Kier molecular flexibility index (Phi) is 5.35. The van der Waals surface area contributed by atoms with Crippen LogP contribution in [-0.2, 0) is 6.54 Å². The van der Waals surface area contributed by atoms with Gasteiger partial charge in [0.2, 0.25) is 0 Å². The van der Waals surface area contributed by atoms with Crippen LogP contribution in [0, 0.1) is 10.5 Å². The number of amides is 1. The summed E-state index contributed by atoms with van der Waals surface area (Å²) in [4.78, 5) is 12.6. The summed E-state index contributed by atoms with van der Waals surface area (Å²) >= 11 is 5.67. The van der Waals surface area contributed by atoms with E-state index in [1.54, 1.807) is 16.9 Å². The van der Waals surface area contributed by atoms with E-state index in [-0.39, 0.29) is 5.91 Å². The van der Waals surface area contributed by atoms with Crippen LogP contribution in [0.15, 0.2) is 59.2 Å². The van der Waals surface area contributed by atoms with E-state index in [0.29, 0.717) is 17.9 Å². The molecular weight excluding hydrogens is 481 g/mol. The van der Waals surface area contributed by atoms with Crippen molar-refractivity contribution in [3.8, 4) is 0 Å². The highest BCUT2D eigenvalue weighted by molar-refractivity contribution is 14.1. The van der Waals surface area contributed by atoms with Crippen molar-refractivity contribution in [2.45, 2.75) is 13.5 Å². The number of carbonyl (C=O) groups is 1. The van der Waals surface area contributed by atoms with Crippen LogP contribution < -0.4 is 5.32 Å². The summed E-state index contributed by atoms with van der Waals surface area (Å²) in [7, 11) is 0. The van der Waals surface area contributed by atoms with Gasteiger partial charge in [-0.1, -0.05) is 40.2 Å². The molecule has 4 nitrogen and oxygen atoms in total. The molecule has 0 aliphatic heterocycles. The fraction of sp³-hybridized carbons (Fsp3) is 0.111. The average molecular weight is 496 g/mol. The highest BCUT2D eigenvalue weighted by Crippen LogP contribution is 2.19. The fourth-order valence-electron chi connectivity index (χ4n) is 2.38. The number of rotatable bonds is 4. The highest BCUT2D eigenvalue weighted by Gasteiger charge is 2.13. The summed E-state index contributed by atoms with van der Waals surface area (Å²) < 4.78 is 3.76. The molecule has 1 amide bonds. The van der Waals surface area contributed by atoms with Crippen LogP contribution in [0.4, 0.5) is 5.82 Å². The van der Waals surface area contributed by atoms with E-state index in [1.807, 2.05) is 49.4 Å². The Balaban J connectivity index is 1.80. The Bertz CT molecular complexity index is 891. The number of hydrogen-bond acceptors (Lipinski definition) is 2. The molecule has 24 heavy (non-hydrogen) atoms. The van der Waals surface area contributed by atoms with Crippen LogP contribution >= 0.6 is 38.5 Å². The summed E-state index contributed by atoms with van der Waals surface area (Å²) in [5, 5.41) is 7.27. The van der Waals surface area contributed by atoms with Crippen molar-refractivity contribution in [1.82, 2.24) is 9.78 Å². The van der Waals surface area contributed by atoms with Crippen LogP contribution in [0.3, 0.4) is 0 Å². The molecule has 0 unspecified atom stereocenters. The van der Waals surface area contributed by atoms with E-state index < -0.39 is 0 Å². The Morgan fingerprint density at radius 2 is 2.04 bits per heavy atom. The molecule has 0 aliphatic carbocycles. The normalized spacial score (nSPS) is 10.6. The summed E-state index contributed by atoms with van der Waals surface area (Å²) in [6.45, 7) is 2.59. The van der Waals surface area contributed by atoms with E-state index in [1.165, 1.54) is 0 Å². The van der Waals surface area contributed by atoms with Crippen LogP contribution in [0.25, 0.3) is 0 Å². The number of nitrogens with one attached hydrogen (secondary N) is 1. The van der Waals surface area contributed by atoms with Crippen LogP contribution in [0.2, 0.25) is 0 Å². The van der Waals surface area contributed by atoms with Crippen molar-refractivity contribution < 1.29 is 4.79 Å². The van der Waals surface area contributed by atoms with Gasteiger partial charge in [-0.3, -0.25) is 4.79 Å². The van der Waals surface area contributed by atoms with E-state index in [2.05, 4.69) is 48.9 Å². The van der Waals surface area contributed by atoms with Crippen LogP contribution in [0.1, 0.15) is 21.5 Å². The van der Waals surface area contributed by atoms with Gasteiger partial charge in [0, 0.05) is 14.1 Å². The molecule has 3 aromatic rings. The molecule has 0 bridgehead atoms. The summed E-state index contributed by atoms with van der Waals surface area (Å²) in [6, 6.07) is 15.6. The van der Waals surface area contributed by atoms with Gasteiger partial charge in [0.25, 0.3) is 5.91 Å². The molecule has 0 fully saturated rings. The van der Waals surface area contributed by atoms with Gasteiger partial charge >= 0.3 is 0 Å². The monoisotopic (exact) mass is 495 g/mol. The van der Waals surface area contributed by atoms with Gasteiger partial charge in [0.1, 0.15) is 5.82 Å². The molecule has 0 atom stereocenters. The second-order valence-corrected chi connectivity index (χ2v) is 7.39. The number of hydrogen-bond donors (Lipinski definition) is 1. The van der Waals surface area contributed by atoms with E-state index in [0.717, 1.165) is 19.2 Å². The minimum Gasteiger partial charge on any atom is -0.307 e. The second-order valence-electron chi connectivity index (χ2n) is 5.39. The third-order valence-electron chi connectivity index (χ3n) is 3.62. The van der Waals surface area contributed by atoms with Gasteiger partial charge < -0.3 is 5.32 Å². The maximum absolute atomic E-state index is 12.6. The smallest absolute Gasteiger partial charge is 0.257 e. The SMILES string of the molecule is Cc1cccc(C(=O)Nc2ccnn2Cc2cccc(Br)c2)c1I. The number of aromatic nitrogens is 2. The molecule has 1 heterocycles. The zero-order valence-electron chi connectivity index (χ0n) is 13.0. The van der Waals surface area contributed by atoms with Gasteiger partial charge in [-0.05, 0) is 58.8 Å². The lowest BCUT2D eigenvalue weighted by Crippen LogP contribution is -2.17. The van der Waals surface area contributed by atoms with Crippen molar-refractivity contribution in [3.63, 3.8) is 0 Å². The first kappa shape index (κ1) is 17.2. The lowest BCUT2D eigenvalue weighted by Gasteiger charge is -2.11. The van der Waals surface area contributed by atoms with E-state index in [9.17, 15) is 4.79 Å². The van der Waals surface area contributed by atoms with E-state index in [4.69, 9.17) is 0 Å². The first-order chi connectivity index (χ1) is 11.5. The number of nitrogens with zero attached hydrogens (tertiary/aromatic N) is 2. The lowest BCUT2D eigenvalue weighted by molar-refractivity contribution is 0.102. The number of carbonyl (C=O) groups excluding carboxylic acids is 1. The first-order valence-corrected chi connectivity index (χ1v) is 9.24. The lowest BCUT2D eigenvalue weighted by atomic mass is 10.1. The molecular formula is C18H15BrIN3O. The van der Waals surface area contributed by atoms with Gasteiger partial charge in [-0.2, -0.15) is 5.10 Å². The second kappa shape index (κ2) is 7.48. The maximum atomic E-state index is 12.6. The van der Waals surface area contributed by atoms with Crippen molar-refractivity contribution in [3.05, 3.63) is 79.5 Å². The molecule has 122 valence electrons. The van der Waals surface area contributed by atoms with Gasteiger partial charge in [-0.25, -0.2) is 4.68 Å². The molecule has 3 rings (SSSR count). The average Bonchev–Trinajstić information content (AvgIpc) is 2.97. The molecule has 1 N–H and O–H groups in total. The predicted molar refractivity (Wildman–Crippen MR) is 107 cm³/mol. The van der Waals surface area contributed by atoms with E-state index >= 15 is 0 Å². The van der Waals surface area contributed by atoms with Crippen molar-refractivity contribution >= 4 is 50.2 Å². The number of benzene rings is 2. The molecule has 0 saturated carbocycles. The number of halogens is 2. The van der Waals surface area contributed by atoms with Gasteiger partial charge in [0.15, 0.2) is 0 Å². The van der Waals surface area contributed by atoms with Crippen LogP contribution in [0.5, 0.6) is 0 Å². The van der Waals surface area contributed by atoms with Crippen molar-refractivity contribution in [2.75, 3.05) is 5.32 Å². The molecule has 0 radical (unpaired) electrons. The van der Waals surface area contributed by atoms with Gasteiger partial charge in [0.05, 0.1) is 18.3 Å². The molecule has 2 aromatic carbocycles. The molecule has 0 spiro atoms. The Morgan fingerprint density at radius 1 is 1.25 bits per heavy atom. The van der Waals surface area contributed by atoms with Gasteiger partial charge in [-0.15, -0.1) is 0 Å². The Labute approximate surface area is 162 Å². The third kappa shape index (κ3) is 3.87. The highest BCUT2D eigenvalue weighted by atomic mass is 127. The summed E-state index contributed by atoms with van der Waals surface area (Å²) in [5.74, 6) is 0.552. The van der Waals surface area contributed by atoms with Crippen molar-refractivity contribution in [2.24, 2.45) is 0 Å². The topological polar surface area (TPSA) is 46.9 Å². The predicted octanol–water partition coefficient (Wildman–Crippen LogP) is 4.86. The Hall–Kier alpha value is -1.67. The minimum atomic E-state index is -0.126. The molecule has 0 saturated heterocycles. The number of anilines is 1. The van der Waals surface area contributed by atoms with Crippen molar-refractivity contribution in [1.29, 1.82) is 0 Å². The number of aryl methyl sites for hydroxylation is 1. The molecule has 6 heteroatoms. The summed E-state index contributed by atoms with van der Waals surface area (Å²) in [6.07, 6.45) is 1.69. The zero-order chi connectivity index (χ0) is 17.1. The first-order valence-electron chi connectivity index (χ1n) is 7.37. The quantitative estimate of drug-likeness (QED) is 0.525.